The summed E-state index contributed by atoms with van der Waals surface area (Å²) in [5.41, 5.74) is 2.02. The molecular formula is C21H29NO2. The molecule has 1 saturated heterocycles. The number of fused-ring (bicyclic) bond motifs is 1. The van der Waals surface area contributed by atoms with Crippen LogP contribution in [0.1, 0.15) is 68.3 Å². The van der Waals surface area contributed by atoms with Gasteiger partial charge in [0.05, 0.1) is 6.61 Å². The average Bonchev–Trinajstić information content (AvgIpc) is 2.96. The number of ether oxygens (including phenoxy) is 1. The molecule has 2 aliphatic heterocycles. The first-order valence-corrected chi connectivity index (χ1v) is 9.36. The highest BCUT2D eigenvalue weighted by Crippen LogP contribution is 2.41. The minimum absolute atomic E-state index is 0.0201. The van der Waals surface area contributed by atoms with Crippen molar-refractivity contribution in [2.45, 2.75) is 57.8 Å². The molecule has 0 aliphatic carbocycles. The highest BCUT2D eigenvalue weighted by atomic mass is 16.5. The number of allylic oxidation sites excluding steroid dienone is 2. The molecule has 1 amide bonds. The molecule has 0 aromatic heterocycles. The van der Waals surface area contributed by atoms with Crippen LogP contribution in [0.4, 0.5) is 0 Å². The van der Waals surface area contributed by atoms with E-state index in [1.165, 1.54) is 18.4 Å². The smallest absolute Gasteiger partial charge is 0.253 e. The van der Waals surface area contributed by atoms with Crippen molar-refractivity contribution < 1.29 is 9.53 Å². The Morgan fingerprint density at radius 1 is 1.25 bits per heavy atom. The molecule has 1 aromatic carbocycles. The van der Waals surface area contributed by atoms with Gasteiger partial charge in [-0.05, 0) is 44.2 Å². The van der Waals surface area contributed by atoms with E-state index in [-0.39, 0.29) is 11.3 Å². The van der Waals surface area contributed by atoms with E-state index in [2.05, 4.69) is 32.1 Å². The topological polar surface area (TPSA) is 29.5 Å². The second kappa shape index (κ2) is 7.42. The van der Waals surface area contributed by atoms with Crippen molar-refractivity contribution in [3.05, 3.63) is 41.5 Å². The molecule has 0 spiro atoms. The Labute approximate surface area is 145 Å². The third-order valence-corrected chi connectivity index (χ3v) is 5.26. The van der Waals surface area contributed by atoms with Gasteiger partial charge in [-0.1, -0.05) is 38.5 Å². The number of hydrogen-bond donors (Lipinski definition) is 0. The van der Waals surface area contributed by atoms with Gasteiger partial charge in [0.25, 0.3) is 5.91 Å². The zero-order valence-corrected chi connectivity index (χ0v) is 15.0. The number of likely N-dealkylation sites (tertiary alicyclic amines) is 1. The van der Waals surface area contributed by atoms with Crippen LogP contribution in [0.3, 0.4) is 0 Å². The largest absolute Gasteiger partial charge is 0.492 e. The van der Waals surface area contributed by atoms with Crippen LogP contribution in [0.5, 0.6) is 5.75 Å². The van der Waals surface area contributed by atoms with Gasteiger partial charge >= 0.3 is 0 Å². The number of hydrogen-bond acceptors (Lipinski definition) is 2. The number of benzene rings is 1. The summed E-state index contributed by atoms with van der Waals surface area (Å²) in [6, 6.07) is 6.04. The predicted molar refractivity (Wildman–Crippen MR) is 97.7 cm³/mol. The second-order valence-electron chi connectivity index (χ2n) is 7.38. The quantitative estimate of drug-likeness (QED) is 0.733. The minimum Gasteiger partial charge on any atom is -0.492 e. The number of rotatable bonds is 5. The van der Waals surface area contributed by atoms with E-state index in [9.17, 15) is 4.79 Å². The Morgan fingerprint density at radius 3 is 2.79 bits per heavy atom. The Balaban J connectivity index is 1.74. The monoisotopic (exact) mass is 327 g/mol. The van der Waals surface area contributed by atoms with Crippen LogP contribution in [0.25, 0.3) is 0 Å². The summed E-state index contributed by atoms with van der Waals surface area (Å²) < 4.78 is 5.94. The Hall–Kier alpha value is -1.77. The molecule has 1 fully saturated rings. The maximum Gasteiger partial charge on any atom is 0.253 e. The van der Waals surface area contributed by atoms with Crippen LogP contribution >= 0.6 is 0 Å². The summed E-state index contributed by atoms with van der Waals surface area (Å²) in [7, 11) is 0. The third kappa shape index (κ3) is 3.50. The molecule has 3 heteroatoms. The normalized spacial score (nSPS) is 23.3. The molecule has 0 saturated carbocycles. The van der Waals surface area contributed by atoms with E-state index in [0.717, 1.165) is 50.1 Å². The van der Waals surface area contributed by atoms with Gasteiger partial charge in [-0.25, -0.2) is 0 Å². The van der Waals surface area contributed by atoms with Crippen LogP contribution in [0.15, 0.2) is 30.4 Å². The van der Waals surface area contributed by atoms with E-state index in [0.29, 0.717) is 6.61 Å². The van der Waals surface area contributed by atoms with Gasteiger partial charge in [-0.2, -0.15) is 0 Å². The molecule has 2 heterocycles. The van der Waals surface area contributed by atoms with Crippen molar-refractivity contribution in [2.75, 3.05) is 19.7 Å². The van der Waals surface area contributed by atoms with Crippen LogP contribution in [-0.4, -0.2) is 30.5 Å². The van der Waals surface area contributed by atoms with Crippen LogP contribution in [0, 0.1) is 0 Å². The lowest BCUT2D eigenvalue weighted by Crippen LogP contribution is -2.35. The van der Waals surface area contributed by atoms with Gasteiger partial charge in [0, 0.05) is 29.6 Å². The first kappa shape index (κ1) is 17.1. The van der Waals surface area contributed by atoms with Gasteiger partial charge in [0.2, 0.25) is 0 Å². The molecule has 3 rings (SSSR count). The first-order valence-electron chi connectivity index (χ1n) is 9.36. The zero-order valence-electron chi connectivity index (χ0n) is 15.0. The SMILES string of the molecule is CCC/C=C/CC1(C)COc2cc(C(=O)N3CCCCC3)ccc21. The number of amides is 1. The highest BCUT2D eigenvalue weighted by Gasteiger charge is 2.35. The van der Waals surface area contributed by atoms with Crippen molar-refractivity contribution in [2.24, 2.45) is 0 Å². The lowest BCUT2D eigenvalue weighted by molar-refractivity contribution is 0.0724. The fraction of sp³-hybridized carbons (Fsp3) is 0.571. The predicted octanol–water partition coefficient (Wildman–Crippen LogP) is 4.71. The Kier molecular flexibility index (Phi) is 5.27. The molecular weight excluding hydrogens is 298 g/mol. The van der Waals surface area contributed by atoms with Gasteiger partial charge < -0.3 is 9.64 Å². The summed E-state index contributed by atoms with van der Waals surface area (Å²) >= 11 is 0. The number of piperidine rings is 1. The summed E-state index contributed by atoms with van der Waals surface area (Å²) in [5, 5.41) is 0. The molecule has 0 radical (unpaired) electrons. The van der Waals surface area contributed by atoms with E-state index < -0.39 is 0 Å². The fourth-order valence-corrected chi connectivity index (χ4v) is 3.66. The summed E-state index contributed by atoms with van der Waals surface area (Å²) in [6.07, 6.45) is 11.3. The van der Waals surface area contributed by atoms with Gasteiger partial charge in [-0.3, -0.25) is 4.79 Å². The molecule has 24 heavy (non-hydrogen) atoms. The van der Waals surface area contributed by atoms with E-state index in [1.54, 1.807) is 0 Å². The first-order chi connectivity index (χ1) is 11.6. The number of carbonyl (C=O) groups excluding carboxylic acids is 1. The standard InChI is InChI=1S/C21H29NO2/c1-3-4-5-7-12-21(2)16-24-19-15-17(10-11-18(19)21)20(23)22-13-8-6-9-14-22/h5,7,10-11,15H,3-4,6,8-9,12-14,16H2,1-2H3/b7-5+. The fourth-order valence-electron chi connectivity index (χ4n) is 3.66. The molecule has 3 nitrogen and oxygen atoms in total. The van der Waals surface area contributed by atoms with Crippen molar-refractivity contribution in [1.29, 1.82) is 0 Å². The molecule has 130 valence electrons. The number of unbranched alkanes of at least 4 members (excludes halogenated alkanes) is 1. The number of nitrogens with zero attached hydrogens (tertiary/aromatic N) is 1. The lowest BCUT2D eigenvalue weighted by Gasteiger charge is -2.27. The molecule has 0 bridgehead atoms. The van der Waals surface area contributed by atoms with Crippen molar-refractivity contribution >= 4 is 5.91 Å². The van der Waals surface area contributed by atoms with Gasteiger partial charge in [-0.15, -0.1) is 0 Å². The molecule has 1 unspecified atom stereocenters. The highest BCUT2D eigenvalue weighted by molar-refractivity contribution is 5.95. The maximum atomic E-state index is 12.7. The van der Waals surface area contributed by atoms with Crippen molar-refractivity contribution in [3.63, 3.8) is 0 Å². The molecule has 0 N–H and O–H groups in total. The van der Waals surface area contributed by atoms with Crippen LogP contribution < -0.4 is 4.74 Å². The van der Waals surface area contributed by atoms with Crippen LogP contribution in [0.2, 0.25) is 0 Å². The van der Waals surface area contributed by atoms with Gasteiger partial charge in [0.1, 0.15) is 5.75 Å². The average molecular weight is 327 g/mol. The van der Waals surface area contributed by atoms with E-state index >= 15 is 0 Å². The molecule has 2 aliphatic rings. The zero-order chi connectivity index (χ0) is 17.0. The number of carbonyl (C=O) groups is 1. The van der Waals surface area contributed by atoms with Gasteiger partial charge in [0.15, 0.2) is 0 Å². The molecule has 1 atom stereocenters. The maximum absolute atomic E-state index is 12.7. The van der Waals surface area contributed by atoms with Crippen molar-refractivity contribution in [1.82, 2.24) is 4.90 Å². The lowest BCUT2D eigenvalue weighted by atomic mass is 9.81. The minimum atomic E-state index is 0.0201. The van der Waals surface area contributed by atoms with E-state index in [4.69, 9.17) is 4.74 Å². The summed E-state index contributed by atoms with van der Waals surface area (Å²) in [5.74, 6) is 1.04. The van der Waals surface area contributed by atoms with Crippen LogP contribution in [-0.2, 0) is 5.41 Å². The Morgan fingerprint density at radius 2 is 2.04 bits per heavy atom. The third-order valence-electron chi connectivity index (χ3n) is 5.26. The Bertz CT molecular complexity index is 616. The molecule has 1 aromatic rings. The van der Waals surface area contributed by atoms with E-state index in [1.807, 2.05) is 17.0 Å². The summed E-state index contributed by atoms with van der Waals surface area (Å²) in [6.45, 7) is 6.91. The second-order valence-corrected chi connectivity index (χ2v) is 7.38. The summed E-state index contributed by atoms with van der Waals surface area (Å²) in [4.78, 5) is 14.6. The van der Waals surface area contributed by atoms with Crippen molar-refractivity contribution in [3.8, 4) is 5.75 Å².